The number of carbonyl (C=O) groups excluding carboxylic acids is 1. The number of H-pyrrole nitrogens is 1. The molecule has 25 heavy (non-hydrogen) atoms. The average molecular weight is 439 g/mol. The van der Waals surface area contributed by atoms with Crippen molar-refractivity contribution < 1.29 is 9.90 Å². The molecule has 0 fully saturated rings. The molecule has 3 rings (SSSR count). The van der Waals surface area contributed by atoms with Crippen LogP contribution < -0.4 is 0 Å². The summed E-state index contributed by atoms with van der Waals surface area (Å²) in [7, 11) is 0. The van der Waals surface area contributed by atoms with Crippen LogP contribution in [0.5, 0.6) is 5.88 Å². The zero-order chi connectivity index (χ0) is 17.8. The van der Waals surface area contributed by atoms with Crippen LogP contribution in [0.1, 0.15) is 5.56 Å². The number of aromatic amines is 1. The monoisotopic (exact) mass is 437 g/mol. The van der Waals surface area contributed by atoms with Crippen molar-refractivity contribution in [1.82, 2.24) is 4.98 Å². The summed E-state index contributed by atoms with van der Waals surface area (Å²) in [5.41, 5.74) is 2.06. The number of nitrogens with zero attached hydrogens (tertiary/aromatic N) is 2. The van der Waals surface area contributed by atoms with Gasteiger partial charge in [-0.15, -0.1) is 22.0 Å². The molecule has 0 bridgehead atoms. The molecule has 3 aromatic rings. The first kappa shape index (κ1) is 18.0. The lowest BCUT2D eigenvalue weighted by atomic mass is 10.2. The highest BCUT2D eigenvalue weighted by molar-refractivity contribution is 9.10. The quantitative estimate of drug-likeness (QED) is 0.492. The largest absolute Gasteiger partial charge is 0.493 e. The lowest BCUT2D eigenvalue weighted by Crippen LogP contribution is -1.96. The number of aromatic nitrogens is 1. The fourth-order valence-electron chi connectivity index (χ4n) is 2.21. The van der Waals surface area contributed by atoms with Crippen molar-refractivity contribution in [2.24, 2.45) is 10.2 Å². The summed E-state index contributed by atoms with van der Waals surface area (Å²) in [5, 5.41) is 18.9. The van der Waals surface area contributed by atoms with Crippen molar-refractivity contribution in [1.29, 1.82) is 0 Å². The van der Waals surface area contributed by atoms with Crippen LogP contribution in [0.3, 0.4) is 0 Å². The molecular formula is C17H13BrClN3O2S. The number of fused-ring (bicyclic) bond motifs is 1. The van der Waals surface area contributed by atoms with Crippen molar-refractivity contribution in [2.45, 2.75) is 5.75 Å². The standard InChI is InChI=1S/C17H13BrClN3O2S/c18-11-3-6-14-13(7-11)16(17(24)20-14)22-21-15(23)9-25-8-10-1-4-12(19)5-2-10/h1-7,20,24H,8-9H2. The molecule has 2 N–H and O–H groups in total. The minimum Gasteiger partial charge on any atom is -0.493 e. The van der Waals surface area contributed by atoms with Gasteiger partial charge in [0.1, 0.15) is 0 Å². The number of aromatic hydroxyl groups is 1. The van der Waals surface area contributed by atoms with Gasteiger partial charge in [-0.2, -0.15) is 0 Å². The van der Waals surface area contributed by atoms with E-state index in [0.29, 0.717) is 16.2 Å². The minimum atomic E-state index is -0.359. The predicted molar refractivity (Wildman–Crippen MR) is 105 cm³/mol. The second-order valence-electron chi connectivity index (χ2n) is 5.23. The van der Waals surface area contributed by atoms with Crippen molar-refractivity contribution in [3.63, 3.8) is 0 Å². The van der Waals surface area contributed by atoms with Crippen LogP contribution in [0.25, 0.3) is 10.9 Å². The first-order valence-electron chi connectivity index (χ1n) is 7.30. The Kier molecular flexibility index (Phi) is 5.78. The van der Waals surface area contributed by atoms with E-state index in [9.17, 15) is 9.90 Å². The van der Waals surface area contributed by atoms with Crippen molar-refractivity contribution >= 4 is 61.8 Å². The Balaban J connectivity index is 1.62. The van der Waals surface area contributed by atoms with E-state index < -0.39 is 0 Å². The zero-order valence-electron chi connectivity index (χ0n) is 12.9. The molecule has 0 aliphatic rings. The van der Waals surface area contributed by atoms with Gasteiger partial charge in [-0.3, -0.25) is 4.79 Å². The van der Waals surface area contributed by atoms with Gasteiger partial charge in [0.15, 0.2) is 5.69 Å². The summed E-state index contributed by atoms with van der Waals surface area (Å²) in [4.78, 5) is 14.7. The Morgan fingerprint density at radius 2 is 2.00 bits per heavy atom. The van der Waals surface area contributed by atoms with Crippen LogP contribution in [0.2, 0.25) is 5.02 Å². The molecule has 0 radical (unpaired) electrons. The maximum absolute atomic E-state index is 11.9. The number of hydrogen-bond acceptors (Lipinski definition) is 4. The van der Waals surface area contributed by atoms with Gasteiger partial charge < -0.3 is 10.1 Å². The number of benzene rings is 2. The predicted octanol–water partition coefficient (Wildman–Crippen LogP) is 5.83. The van der Waals surface area contributed by atoms with Gasteiger partial charge in [0.2, 0.25) is 5.88 Å². The van der Waals surface area contributed by atoms with Gasteiger partial charge in [0.05, 0.1) is 11.3 Å². The molecule has 5 nitrogen and oxygen atoms in total. The molecular weight excluding hydrogens is 426 g/mol. The molecule has 2 aromatic carbocycles. The van der Waals surface area contributed by atoms with Crippen LogP contribution in [0, 0.1) is 0 Å². The first-order chi connectivity index (χ1) is 12.0. The third-order valence-corrected chi connectivity index (χ3v) is 5.12. The number of carbonyl (C=O) groups is 1. The van der Waals surface area contributed by atoms with E-state index in [2.05, 4.69) is 31.1 Å². The summed E-state index contributed by atoms with van der Waals surface area (Å²) in [6, 6.07) is 12.9. The Morgan fingerprint density at radius 3 is 2.76 bits per heavy atom. The Morgan fingerprint density at radius 1 is 1.24 bits per heavy atom. The fraction of sp³-hybridized carbons (Fsp3) is 0.118. The van der Waals surface area contributed by atoms with Crippen LogP contribution in [-0.2, 0) is 10.5 Å². The van der Waals surface area contributed by atoms with Gasteiger partial charge in [0.25, 0.3) is 5.91 Å². The second-order valence-corrected chi connectivity index (χ2v) is 7.56. The molecule has 0 saturated heterocycles. The molecule has 128 valence electrons. The second kappa shape index (κ2) is 8.03. The summed E-state index contributed by atoms with van der Waals surface area (Å²) in [6.45, 7) is 0. The summed E-state index contributed by atoms with van der Waals surface area (Å²) < 4.78 is 0.847. The SMILES string of the molecule is O=C(CSCc1ccc(Cl)cc1)N=Nc1c(O)[nH]c2ccc(Br)cc12. The molecule has 0 saturated carbocycles. The van der Waals surface area contributed by atoms with Crippen LogP contribution in [0.4, 0.5) is 5.69 Å². The molecule has 0 aliphatic heterocycles. The molecule has 0 spiro atoms. The van der Waals surface area contributed by atoms with Crippen LogP contribution >= 0.6 is 39.3 Å². The average Bonchev–Trinajstić information content (AvgIpc) is 2.89. The summed E-state index contributed by atoms with van der Waals surface area (Å²) in [5.74, 6) is 0.420. The van der Waals surface area contributed by atoms with Crippen molar-refractivity contribution in [3.8, 4) is 5.88 Å². The number of halogens is 2. The van der Waals surface area contributed by atoms with Crippen LogP contribution in [0.15, 0.2) is 57.2 Å². The fourth-order valence-corrected chi connectivity index (χ4v) is 3.46. The highest BCUT2D eigenvalue weighted by Crippen LogP contribution is 2.36. The van der Waals surface area contributed by atoms with Gasteiger partial charge >= 0.3 is 0 Å². The maximum Gasteiger partial charge on any atom is 0.274 e. The normalized spacial score (nSPS) is 11.4. The Labute approximate surface area is 161 Å². The third kappa shape index (κ3) is 4.62. The van der Waals surface area contributed by atoms with E-state index in [1.54, 1.807) is 6.07 Å². The topological polar surface area (TPSA) is 77.8 Å². The van der Waals surface area contributed by atoms with Crippen molar-refractivity contribution in [3.05, 3.63) is 57.5 Å². The molecule has 0 atom stereocenters. The number of azo groups is 1. The summed E-state index contributed by atoms with van der Waals surface area (Å²) >= 11 is 10.6. The number of amides is 1. The number of rotatable bonds is 5. The molecule has 1 amide bonds. The van der Waals surface area contributed by atoms with E-state index in [4.69, 9.17) is 11.6 Å². The van der Waals surface area contributed by atoms with E-state index in [-0.39, 0.29) is 23.2 Å². The lowest BCUT2D eigenvalue weighted by Gasteiger charge is -1.99. The third-order valence-electron chi connectivity index (χ3n) is 3.38. The Bertz CT molecular complexity index is 941. The molecule has 8 heteroatoms. The molecule has 0 unspecified atom stereocenters. The van der Waals surface area contributed by atoms with E-state index in [1.807, 2.05) is 36.4 Å². The van der Waals surface area contributed by atoms with Gasteiger partial charge in [-0.25, -0.2) is 0 Å². The summed E-state index contributed by atoms with van der Waals surface area (Å²) in [6.07, 6.45) is 0. The highest BCUT2D eigenvalue weighted by atomic mass is 79.9. The van der Waals surface area contributed by atoms with E-state index in [0.717, 1.165) is 15.6 Å². The number of hydrogen-bond donors (Lipinski definition) is 2. The molecule has 0 aliphatic carbocycles. The minimum absolute atomic E-state index is 0.113. The number of thioether (sulfide) groups is 1. The van der Waals surface area contributed by atoms with Crippen LogP contribution in [-0.4, -0.2) is 21.8 Å². The zero-order valence-corrected chi connectivity index (χ0v) is 16.0. The first-order valence-corrected chi connectivity index (χ1v) is 9.62. The Hall–Kier alpha value is -1.83. The maximum atomic E-state index is 11.9. The van der Waals surface area contributed by atoms with Crippen molar-refractivity contribution in [2.75, 3.05) is 5.75 Å². The molecule has 1 aromatic heterocycles. The van der Waals surface area contributed by atoms with E-state index >= 15 is 0 Å². The highest BCUT2D eigenvalue weighted by Gasteiger charge is 2.11. The van der Waals surface area contributed by atoms with E-state index in [1.165, 1.54) is 11.8 Å². The smallest absolute Gasteiger partial charge is 0.274 e. The molecule has 1 heterocycles. The van der Waals surface area contributed by atoms with Gasteiger partial charge in [0, 0.05) is 20.6 Å². The number of nitrogens with one attached hydrogen (secondary N) is 1. The van der Waals surface area contributed by atoms with Gasteiger partial charge in [-0.1, -0.05) is 39.7 Å². The lowest BCUT2D eigenvalue weighted by molar-refractivity contribution is -0.115. The van der Waals surface area contributed by atoms with Gasteiger partial charge in [-0.05, 0) is 35.9 Å².